The van der Waals surface area contributed by atoms with Gasteiger partial charge in [-0.15, -0.1) is 0 Å². The second kappa shape index (κ2) is 19.3. The van der Waals surface area contributed by atoms with E-state index < -0.39 is 0 Å². The summed E-state index contributed by atoms with van der Waals surface area (Å²) in [4.78, 5) is 7.93. The van der Waals surface area contributed by atoms with Crippen LogP contribution in [0.3, 0.4) is 0 Å². The van der Waals surface area contributed by atoms with Gasteiger partial charge in [-0.3, -0.25) is 0 Å². The van der Waals surface area contributed by atoms with E-state index >= 15 is 0 Å². The first-order valence-electron chi connectivity index (χ1n) is 32.7. The summed E-state index contributed by atoms with van der Waals surface area (Å²) >= 11 is 0. The first-order valence-corrected chi connectivity index (χ1v) is 32.7. The molecule has 0 saturated heterocycles. The predicted octanol–water partition coefficient (Wildman–Crippen LogP) is 21.6. The monoisotopic (exact) mass is 1150 g/mol. The maximum Gasteiger partial charge on any atom is 0.252 e. The first-order chi connectivity index (χ1) is 40.5. The molecule has 0 N–H and O–H groups in total. The van der Waals surface area contributed by atoms with Gasteiger partial charge < -0.3 is 19.1 Å². The molecule has 4 nitrogen and oxygen atoms in total. The van der Waals surface area contributed by atoms with Crippen LogP contribution in [0.25, 0.3) is 21.9 Å². The fourth-order valence-corrected chi connectivity index (χ4v) is 15.6. The number of para-hydroxylation sites is 1. The molecule has 3 heterocycles. The van der Waals surface area contributed by atoms with Crippen LogP contribution in [-0.4, -0.2) is 6.71 Å². The summed E-state index contributed by atoms with van der Waals surface area (Å²) in [6.07, 6.45) is 4.61. The molecule has 5 heteroatoms. The summed E-state index contributed by atoms with van der Waals surface area (Å²) in [5.74, 6) is 0. The summed E-state index contributed by atoms with van der Waals surface area (Å²) in [5.41, 5.74) is 29.9. The van der Waals surface area contributed by atoms with Gasteiger partial charge in [-0.1, -0.05) is 205 Å². The van der Waals surface area contributed by atoms with Gasteiger partial charge in [0.15, 0.2) is 5.58 Å². The molecular weight excluding hydrogens is 1050 g/mol. The van der Waals surface area contributed by atoms with E-state index in [-0.39, 0.29) is 50.0 Å². The van der Waals surface area contributed by atoms with Crippen molar-refractivity contribution in [2.75, 3.05) is 14.7 Å². The molecule has 448 valence electrons. The molecule has 0 unspecified atom stereocenters. The van der Waals surface area contributed by atoms with Crippen molar-refractivity contribution in [3.63, 3.8) is 0 Å². The summed E-state index contributed by atoms with van der Waals surface area (Å²) in [5, 5.41) is 2.34. The smallest absolute Gasteiger partial charge is 0.252 e. The highest BCUT2D eigenvalue weighted by atomic mass is 16.3. The quantitative estimate of drug-likeness (QED) is 0.160. The lowest BCUT2D eigenvalue weighted by Gasteiger charge is -2.48. The van der Waals surface area contributed by atoms with Gasteiger partial charge in [-0.25, -0.2) is 0 Å². The number of benzene rings is 8. The number of fused-ring (bicyclic) bond motifs is 9. The lowest BCUT2D eigenvalue weighted by Crippen LogP contribution is -2.62. The maximum absolute atomic E-state index is 7.40. The second-order valence-electron chi connectivity index (χ2n) is 33.8. The Labute approximate surface area is 522 Å². The Hall–Kier alpha value is -6.98. The van der Waals surface area contributed by atoms with Crippen molar-refractivity contribution < 1.29 is 4.42 Å². The molecular formula is C82H96BN3O. The highest BCUT2D eigenvalue weighted by molar-refractivity contribution is 7.00. The summed E-state index contributed by atoms with van der Waals surface area (Å²) in [6, 6.07) is 53.5. The van der Waals surface area contributed by atoms with Crippen LogP contribution in [0.1, 0.15) is 220 Å². The highest BCUT2D eigenvalue weighted by Gasteiger charge is 2.49. The van der Waals surface area contributed by atoms with Crippen LogP contribution in [0.15, 0.2) is 138 Å². The van der Waals surface area contributed by atoms with Crippen molar-refractivity contribution in [3.05, 3.63) is 189 Å². The van der Waals surface area contributed by atoms with Gasteiger partial charge in [0, 0.05) is 56.3 Å². The van der Waals surface area contributed by atoms with Gasteiger partial charge in [0.05, 0.1) is 5.69 Å². The molecule has 8 aromatic carbocycles. The number of aryl methyl sites for hydroxylation is 2. The Morgan fingerprint density at radius 1 is 0.425 bits per heavy atom. The van der Waals surface area contributed by atoms with E-state index in [1.807, 2.05) is 0 Å². The van der Waals surface area contributed by atoms with E-state index in [0.29, 0.717) is 0 Å². The van der Waals surface area contributed by atoms with E-state index in [0.717, 1.165) is 47.2 Å². The lowest BCUT2D eigenvalue weighted by molar-refractivity contribution is 0.332. The van der Waals surface area contributed by atoms with E-state index in [4.69, 9.17) is 4.42 Å². The number of rotatable bonds is 5. The first kappa shape index (κ1) is 59.0. The highest BCUT2D eigenvalue weighted by Crippen LogP contribution is 2.55. The zero-order valence-corrected chi connectivity index (χ0v) is 56.9. The number of hydrogen-bond donors (Lipinski definition) is 0. The van der Waals surface area contributed by atoms with Crippen molar-refractivity contribution in [1.29, 1.82) is 0 Å². The molecule has 0 atom stereocenters. The van der Waals surface area contributed by atoms with Gasteiger partial charge in [0.1, 0.15) is 5.58 Å². The Balaban J connectivity index is 1.18. The zero-order valence-electron chi connectivity index (χ0n) is 56.9. The minimum atomic E-state index is -0.209. The Kier molecular flexibility index (Phi) is 13.1. The van der Waals surface area contributed by atoms with Crippen LogP contribution < -0.4 is 31.1 Å². The van der Waals surface area contributed by atoms with E-state index in [9.17, 15) is 0 Å². The SMILES string of the molecule is Cc1cc(C(C)(C)C)ccc1N(c1ccc2c(c1)N(c1ccc(C(C)(C)C)c3c1oc1ccccc13)c1cc(C(C)(C)C)cc3c1B2c1cc2c(cc1N3c1ccc3c(c1)C(C)(C)CCC3(C)C)C(C)(C)CCC2(C)C)c1ccc(C(C)(C)C)cc1C. The average Bonchev–Trinajstić information content (AvgIpc) is 1.00. The fraction of sp³-hybridized carbons (Fsp3) is 0.415. The van der Waals surface area contributed by atoms with Crippen LogP contribution in [0.4, 0.5) is 51.2 Å². The minimum absolute atomic E-state index is 0.00309. The zero-order chi connectivity index (χ0) is 62.4. The molecule has 0 fully saturated rings. The van der Waals surface area contributed by atoms with Gasteiger partial charge in [-0.05, 0) is 222 Å². The lowest BCUT2D eigenvalue weighted by atomic mass is 9.33. The number of hydrogen-bond acceptors (Lipinski definition) is 4. The normalized spacial score (nSPS) is 17.4. The largest absolute Gasteiger partial charge is 0.454 e. The number of anilines is 9. The molecule has 0 amide bonds. The van der Waals surface area contributed by atoms with Crippen LogP contribution in [0, 0.1) is 13.8 Å². The third kappa shape index (κ3) is 9.43. The molecule has 0 spiro atoms. The maximum atomic E-state index is 7.40. The Morgan fingerprint density at radius 2 is 0.943 bits per heavy atom. The summed E-state index contributed by atoms with van der Waals surface area (Å²) < 4.78 is 7.40. The van der Waals surface area contributed by atoms with E-state index in [2.05, 4.69) is 300 Å². The molecule has 13 rings (SSSR count). The second-order valence-corrected chi connectivity index (χ2v) is 33.8. The van der Waals surface area contributed by atoms with Crippen LogP contribution in [-0.2, 0) is 43.3 Å². The topological polar surface area (TPSA) is 22.9 Å². The third-order valence-corrected chi connectivity index (χ3v) is 21.4. The van der Waals surface area contributed by atoms with Crippen LogP contribution >= 0.6 is 0 Å². The van der Waals surface area contributed by atoms with Crippen LogP contribution in [0.5, 0.6) is 0 Å². The van der Waals surface area contributed by atoms with E-state index in [1.165, 1.54) is 124 Å². The third-order valence-electron chi connectivity index (χ3n) is 21.4. The fourth-order valence-electron chi connectivity index (χ4n) is 15.6. The molecule has 87 heavy (non-hydrogen) atoms. The van der Waals surface area contributed by atoms with Crippen LogP contribution in [0.2, 0.25) is 0 Å². The average molecular weight is 1150 g/mol. The molecule has 9 aromatic rings. The van der Waals surface area contributed by atoms with Crippen molar-refractivity contribution >= 4 is 96.2 Å². The predicted molar refractivity (Wildman–Crippen MR) is 377 cm³/mol. The van der Waals surface area contributed by atoms with Gasteiger partial charge in [-0.2, -0.15) is 0 Å². The van der Waals surface area contributed by atoms with Gasteiger partial charge >= 0.3 is 0 Å². The molecule has 0 saturated carbocycles. The molecule has 4 aliphatic rings. The summed E-state index contributed by atoms with van der Waals surface area (Å²) in [7, 11) is 0. The molecule has 0 radical (unpaired) electrons. The van der Waals surface area contributed by atoms with Crippen molar-refractivity contribution in [2.24, 2.45) is 0 Å². The molecule has 1 aromatic heterocycles. The summed E-state index contributed by atoms with van der Waals surface area (Å²) in [6.45, 7) is 52.5. The standard InChI is InChI=1S/C82H96BN3O/c1-49-41-51(75(3,4)5)27-34-64(49)84(65-35-28-52(42-50(65)2)76(6,7)8)55-30-33-62-67(46-55)86(66-36-32-58(78(12,13)14)72-56-25-23-24-26-71(56)87-74(66)72)70-44-53(77(9,10)11)43-69-73(70)83(62)63-47-60-61(82(21,22)40-39-81(60,19)20)48-68(63)85(69)54-29-31-57-59(45-54)80(17,18)38-37-79(57,15)16/h23-36,41-48H,37-40H2,1-22H3. The van der Waals surface area contributed by atoms with Gasteiger partial charge in [0.25, 0.3) is 6.71 Å². The Bertz CT molecular complexity index is 4260. The van der Waals surface area contributed by atoms with Crippen molar-refractivity contribution in [3.8, 4) is 0 Å². The number of nitrogens with zero attached hydrogens (tertiary/aromatic N) is 3. The van der Waals surface area contributed by atoms with Gasteiger partial charge in [0.2, 0.25) is 0 Å². The minimum Gasteiger partial charge on any atom is -0.454 e. The van der Waals surface area contributed by atoms with E-state index in [1.54, 1.807) is 0 Å². The molecule has 0 bridgehead atoms. The van der Waals surface area contributed by atoms with Crippen molar-refractivity contribution in [2.45, 2.75) is 221 Å². The Morgan fingerprint density at radius 3 is 1.49 bits per heavy atom. The number of furan rings is 1. The molecule has 2 aliphatic carbocycles. The molecule has 2 aliphatic heterocycles. The van der Waals surface area contributed by atoms with Crippen molar-refractivity contribution in [1.82, 2.24) is 0 Å².